The smallest absolute Gasteiger partial charge is 0.243 e. The molecule has 0 aromatic carbocycles. The highest BCUT2D eigenvalue weighted by molar-refractivity contribution is 8.00. The molecule has 1 heterocycles. The molecule has 1 saturated heterocycles. The van der Waals surface area contributed by atoms with Crippen molar-refractivity contribution in [3.63, 3.8) is 0 Å². The number of carbonyl (C=O) groups is 2. The molecule has 3 nitrogen and oxygen atoms in total. The predicted molar refractivity (Wildman–Crippen MR) is 105 cm³/mol. The Morgan fingerprint density at radius 3 is 2.25 bits per heavy atom. The third-order valence-corrected chi connectivity index (χ3v) is 5.71. The molecular weight excluding hydrogens is 317 g/mol. The van der Waals surface area contributed by atoms with Crippen molar-refractivity contribution in [3.05, 3.63) is 0 Å². The Kier molecular flexibility index (Phi) is 8.38. The maximum atomic E-state index is 12.7. The molecule has 1 fully saturated rings. The Bertz CT molecular complexity index is 432. The number of rotatable bonds is 11. The monoisotopic (exact) mass is 351 g/mol. The van der Waals surface area contributed by atoms with Crippen LogP contribution in [0, 0.1) is 0 Å². The zero-order chi connectivity index (χ0) is 18.4. The first-order valence-electron chi connectivity index (χ1n) is 9.36. The van der Waals surface area contributed by atoms with Crippen molar-refractivity contribution in [2.24, 2.45) is 0 Å². The lowest BCUT2D eigenvalue weighted by atomic mass is 9.65. The number of likely N-dealkylation sites (tertiary alicyclic amines) is 1. The van der Waals surface area contributed by atoms with E-state index in [9.17, 15) is 9.59 Å². The summed E-state index contributed by atoms with van der Waals surface area (Å²) in [6, 6.07) is 0. The quantitative estimate of drug-likeness (QED) is 0.306. The van der Waals surface area contributed by atoms with Crippen molar-refractivity contribution in [2.75, 3.05) is 5.75 Å². The van der Waals surface area contributed by atoms with Gasteiger partial charge in [0.1, 0.15) is 0 Å². The van der Waals surface area contributed by atoms with Crippen LogP contribution in [0.5, 0.6) is 0 Å². The second-order valence-corrected chi connectivity index (χ2v) is 9.69. The minimum absolute atomic E-state index is 0.0229. The molecule has 0 aromatic heterocycles. The highest BCUT2D eigenvalue weighted by Crippen LogP contribution is 2.38. The van der Waals surface area contributed by atoms with E-state index in [4.69, 9.17) is 7.85 Å². The van der Waals surface area contributed by atoms with Crippen LogP contribution in [0.2, 0.25) is 5.31 Å². The van der Waals surface area contributed by atoms with Gasteiger partial charge in [-0.05, 0) is 32.4 Å². The molecule has 1 aliphatic rings. The van der Waals surface area contributed by atoms with E-state index in [1.54, 1.807) is 11.8 Å². The summed E-state index contributed by atoms with van der Waals surface area (Å²) in [7, 11) is 6.11. The molecule has 2 radical (unpaired) electrons. The fraction of sp³-hybridized carbons (Fsp3) is 0.895. The van der Waals surface area contributed by atoms with E-state index in [-0.39, 0.29) is 17.1 Å². The van der Waals surface area contributed by atoms with Gasteiger partial charge >= 0.3 is 0 Å². The Hall–Kier alpha value is -0.445. The normalized spacial score (nSPS) is 19.4. The van der Waals surface area contributed by atoms with E-state index >= 15 is 0 Å². The summed E-state index contributed by atoms with van der Waals surface area (Å²) in [6.07, 6.45) is 8.45. The lowest BCUT2D eigenvalue weighted by Gasteiger charge is -2.39. The highest BCUT2D eigenvalue weighted by Gasteiger charge is 2.46. The second-order valence-electron chi connectivity index (χ2n) is 8.38. The predicted octanol–water partition coefficient (Wildman–Crippen LogP) is 4.74. The zero-order valence-corrected chi connectivity index (χ0v) is 17.0. The van der Waals surface area contributed by atoms with Crippen LogP contribution < -0.4 is 0 Å². The van der Waals surface area contributed by atoms with Crippen molar-refractivity contribution in [2.45, 2.75) is 102 Å². The number of carbonyl (C=O) groups excluding carboxylic acids is 2. The fourth-order valence-corrected chi connectivity index (χ4v) is 4.84. The molecule has 136 valence electrons. The van der Waals surface area contributed by atoms with Gasteiger partial charge < -0.3 is 0 Å². The molecule has 0 aromatic rings. The summed E-state index contributed by atoms with van der Waals surface area (Å²) in [5, 5.41) is -0.610. The summed E-state index contributed by atoms with van der Waals surface area (Å²) >= 11 is 1.65. The first kappa shape index (κ1) is 21.6. The summed E-state index contributed by atoms with van der Waals surface area (Å²) in [5.74, 6) is 0.895. The van der Waals surface area contributed by atoms with Crippen molar-refractivity contribution in [3.8, 4) is 0 Å². The molecule has 24 heavy (non-hydrogen) atoms. The van der Waals surface area contributed by atoms with Crippen LogP contribution in [-0.2, 0) is 9.59 Å². The maximum absolute atomic E-state index is 12.7. The molecule has 0 bridgehead atoms. The molecule has 0 aliphatic carbocycles. The molecule has 1 unspecified atom stereocenters. The van der Waals surface area contributed by atoms with Gasteiger partial charge in [0.25, 0.3) is 0 Å². The van der Waals surface area contributed by atoms with E-state index in [1.807, 2.05) is 27.7 Å². The Labute approximate surface area is 154 Å². The Morgan fingerprint density at radius 1 is 1.08 bits per heavy atom. The van der Waals surface area contributed by atoms with E-state index in [1.165, 1.54) is 37.0 Å². The number of unbranched alkanes of at least 4 members (excludes halogenated alkanes) is 5. The minimum atomic E-state index is -0.526. The van der Waals surface area contributed by atoms with Gasteiger partial charge in [0.05, 0.1) is 13.1 Å². The average Bonchev–Trinajstić information content (AvgIpc) is 2.70. The molecular formula is C19H34BNO2S. The SMILES string of the molecule is [B]C(C)(C)CC(C)(C)N1C(=O)CC(SCCCCCCCC)C1=O. The van der Waals surface area contributed by atoms with Gasteiger partial charge in [-0.15, -0.1) is 11.8 Å². The molecule has 2 amide bonds. The first-order valence-corrected chi connectivity index (χ1v) is 10.4. The van der Waals surface area contributed by atoms with Crippen LogP contribution in [0.4, 0.5) is 0 Å². The maximum Gasteiger partial charge on any atom is 0.243 e. The van der Waals surface area contributed by atoms with Crippen LogP contribution in [0.3, 0.4) is 0 Å². The molecule has 1 atom stereocenters. The number of hydrogen-bond acceptors (Lipinski definition) is 3. The number of thioether (sulfide) groups is 1. The number of hydrogen-bond donors (Lipinski definition) is 0. The number of imide groups is 1. The van der Waals surface area contributed by atoms with Crippen molar-refractivity contribution in [1.82, 2.24) is 4.90 Å². The van der Waals surface area contributed by atoms with Crippen LogP contribution >= 0.6 is 11.8 Å². The lowest BCUT2D eigenvalue weighted by Crippen LogP contribution is -2.49. The van der Waals surface area contributed by atoms with E-state index in [0.717, 1.165) is 12.2 Å². The molecule has 1 aliphatic heterocycles. The van der Waals surface area contributed by atoms with Crippen LogP contribution in [0.15, 0.2) is 0 Å². The molecule has 1 rings (SSSR count). The number of amides is 2. The topological polar surface area (TPSA) is 37.4 Å². The van der Waals surface area contributed by atoms with Crippen LogP contribution in [-0.4, -0.2) is 41.1 Å². The number of nitrogens with zero attached hydrogens (tertiary/aromatic N) is 1. The lowest BCUT2D eigenvalue weighted by molar-refractivity contribution is -0.144. The van der Waals surface area contributed by atoms with Gasteiger partial charge in [-0.1, -0.05) is 58.2 Å². The first-order chi connectivity index (χ1) is 11.1. The van der Waals surface area contributed by atoms with Gasteiger partial charge in [0.15, 0.2) is 0 Å². The van der Waals surface area contributed by atoms with E-state index in [2.05, 4.69) is 6.92 Å². The third kappa shape index (κ3) is 6.82. The van der Waals surface area contributed by atoms with Gasteiger partial charge in [-0.3, -0.25) is 14.5 Å². The van der Waals surface area contributed by atoms with Crippen molar-refractivity contribution < 1.29 is 9.59 Å². The minimum Gasteiger partial charge on any atom is -0.276 e. The largest absolute Gasteiger partial charge is 0.276 e. The molecule has 5 heteroatoms. The summed E-state index contributed by atoms with van der Waals surface area (Å²) in [4.78, 5) is 26.6. The zero-order valence-electron chi connectivity index (χ0n) is 16.2. The van der Waals surface area contributed by atoms with Crippen molar-refractivity contribution >= 4 is 31.4 Å². The summed E-state index contributed by atoms with van der Waals surface area (Å²) in [6.45, 7) is 9.98. The van der Waals surface area contributed by atoms with Gasteiger partial charge in [0, 0.05) is 12.0 Å². The standard InChI is InChI=1S/C19H34BNO2S/c1-6-7-8-9-10-11-12-24-15-13-16(22)21(17(15)23)19(4,5)14-18(2,3)20/h15H,6-14H2,1-5H3. The van der Waals surface area contributed by atoms with Crippen LogP contribution in [0.1, 0.15) is 86.0 Å². The molecule has 0 saturated carbocycles. The molecule has 0 N–H and O–H groups in total. The molecule has 0 spiro atoms. The van der Waals surface area contributed by atoms with E-state index in [0.29, 0.717) is 12.8 Å². The Balaban J connectivity index is 2.46. The van der Waals surface area contributed by atoms with Gasteiger partial charge in [0.2, 0.25) is 11.8 Å². The summed E-state index contributed by atoms with van der Waals surface area (Å²) < 4.78 is 0. The highest BCUT2D eigenvalue weighted by atomic mass is 32.2. The fourth-order valence-electron chi connectivity index (χ4n) is 3.67. The van der Waals surface area contributed by atoms with Gasteiger partial charge in [-0.2, -0.15) is 0 Å². The van der Waals surface area contributed by atoms with Gasteiger partial charge in [-0.25, -0.2) is 0 Å². The Morgan fingerprint density at radius 2 is 1.67 bits per heavy atom. The second kappa shape index (κ2) is 9.31. The third-order valence-electron chi connectivity index (χ3n) is 4.42. The van der Waals surface area contributed by atoms with Crippen LogP contribution in [0.25, 0.3) is 0 Å². The average molecular weight is 351 g/mol. The van der Waals surface area contributed by atoms with Crippen molar-refractivity contribution in [1.29, 1.82) is 0 Å². The van der Waals surface area contributed by atoms with E-state index < -0.39 is 10.9 Å². The summed E-state index contributed by atoms with van der Waals surface area (Å²) in [5.41, 5.74) is -0.526.